The molecule has 3 nitrogen and oxygen atoms in total. The standard InChI is InChI=1S/C11H19NO2/c1-4-5-6-7-8-10-12(13)11(2,3)9-14-10/h4H,1,5-9H2,2-3H3. The molecule has 0 unspecified atom stereocenters. The van der Waals surface area contributed by atoms with E-state index in [-0.39, 0.29) is 5.54 Å². The number of nitrogens with zero attached hydrogens (tertiary/aromatic N) is 1. The van der Waals surface area contributed by atoms with E-state index in [2.05, 4.69) is 6.58 Å². The molecule has 0 fully saturated rings. The fourth-order valence-corrected chi connectivity index (χ4v) is 1.45. The van der Waals surface area contributed by atoms with E-state index in [4.69, 9.17) is 4.74 Å². The van der Waals surface area contributed by atoms with E-state index in [1.807, 2.05) is 19.9 Å². The lowest BCUT2D eigenvalue weighted by Gasteiger charge is -2.14. The molecule has 0 aromatic heterocycles. The molecule has 0 bridgehead atoms. The summed E-state index contributed by atoms with van der Waals surface area (Å²) < 4.78 is 6.38. The lowest BCUT2D eigenvalue weighted by molar-refractivity contribution is -0.528. The Kier molecular flexibility index (Phi) is 3.55. The summed E-state index contributed by atoms with van der Waals surface area (Å²) in [7, 11) is 0. The van der Waals surface area contributed by atoms with Crippen molar-refractivity contribution in [1.82, 2.24) is 0 Å². The maximum atomic E-state index is 11.6. The van der Waals surface area contributed by atoms with Gasteiger partial charge >= 0.3 is 5.90 Å². The summed E-state index contributed by atoms with van der Waals surface area (Å²) >= 11 is 0. The average molecular weight is 197 g/mol. The Morgan fingerprint density at radius 3 is 2.79 bits per heavy atom. The Labute approximate surface area is 85.7 Å². The molecular weight excluding hydrogens is 178 g/mol. The summed E-state index contributed by atoms with van der Waals surface area (Å²) in [4.78, 5) is 0. The second-order valence-electron chi connectivity index (χ2n) is 4.32. The fraction of sp³-hybridized carbons (Fsp3) is 0.727. The Bertz CT molecular complexity index is 244. The van der Waals surface area contributed by atoms with Gasteiger partial charge in [-0.2, -0.15) is 4.74 Å². The topological polar surface area (TPSA) is 35.3 Å². The van der Waals surface area contributed by atoms with Gasteiger partial charge in [0.2, 0.25) is 5.54 Å². The van der Waals surface area contributed by atoms with Crippen LogP contribution in [0.1, 0.15) is 39.5 Å². The first-order valence-corrected chi connectivity index (χ1v) is 5.15. The fourth-order valence-electron chi connectivity index (χ4n) is 1.45. The Hall–Kier alpha value is -0.990. The maximum absolute atomic E-state index is 11.6. The molecule has 0 aromatic carbocycles. The van der Waals surface area contributed by atoms with Gasteiger partial charge in [0.1, 0.15) is 0 Å². The van der Waals surface area contributed by atoms with Crippen LogP contribution in [0.4, 0.5) is 0 Å². The number of hydrogen-bond acceptors (Lipinski definition) is 2. The van der Waals surface area contributed by atoms with Crippen LogP contribution in [0.2, 0.25) is 0 Å². The van der Waals surface area contributed by atoms with Gasteiger partial charge in [0.15, 0.2) is 6.61 Å². The van der Waals surface area contributed by atoms with Crippen LogP contribution in [0.5, 0.6) is 0 Å². The third-order valence-electron chi connectivity index (χ3n) is 2.42. The normalized spacial score (nSPS) is 19.6. The molecule has 0 aromatic rings. The minimum absolute atomic E-state index is 0.381. The zero-order chi connectivity index (χ0) is 10.6. The quantitative estimate of drug-likeness (QED) is 0.294. The predicted molar refractivity (Wildman–Crippen MR) is 57.3 cm³/mol. The molecule has 0 saturated carbocycles. The zero-order valence-electron chi connectivity index (χ0n) is 9.08. The number of hydroxylamine groups is 1. The van der Waals surface area contributed by atoms with Crippen LogP contribution in [0, 0.1) is 5.21 Å². The average Bonchev–Trinajstić information content (AvgIpc) is 2.39. The van der Waals surface area contributed by atoms with Crippen molar-refractivity contribution in [3.63, 3.8) is 0 Å². The summed E-state index contributed by atoms with van der Waals surface area (Å²) in [5.41, 5.74) is -0.381. The van der Waals surface area contributed by atoms with Crippen molar-refractivity contribution in [2.24, 2.45) is 0 Å². The molecule has 14 heavy (non-hydrogen) atoms. The Morgan fingerprint density at radius 1 is 1.57 bits per heavy atom. The third-order valence-corrected chi connectivity index (χ3v) is 2.42. The van der Waals surface area contributed by atoms with Gasteiger partial charge in [0.25, 0.3) is 0 Å². The van der Waals surface area contributed by atoms with E-state index in [0.29, 0.717) is 12.5 Å². The van der Waals surface area contributed by atoms with Crippen molar-refractivity contribution in [1.29, 1.82) is 0 Å². The molecule has 0 amide bonds. The van der Waals surface area contributed by atoms with Crippen molar-refractivity contribution >= 4 is 5.90 Å². The molecule has 3 heteroatoms. The molecule has 80 valence electrons. The van der Waals surface area contributed by atoms with E-state index in [9.17, 15) is 5.21 Å². The lowest BCUT2D eigenvalue weighted by Crippen LogP contribution is -2.32. The van der Waals surface area contributed by atoms with Crippen LogP contribution >= 0.6 is 0 Å². The minimum Gasteiger partial charge on any atom is -0.621 e. The molecule has 0 N–H and O–H groups in total. The van der Waals surface area contributed by atoms with Crippen LogP contribution in [-0.4, -0.2) is 22.8 Å². The summed E-state index contributed by atoms with van der Waals surface area (Å²) in [5, 5.41) is 11.6. The van der Waals surface area contributed by atoms with E-state index >= 15 is 0 Å². The predicted octanol–water partition coefficient (Wildman–Crippen LogP) is 2.45. The highest BCUT2D eigenvalue weighted by molar-refractivity contribution is 5.72. The first-order valence-electron chi connectivity index (χ1n) is 5.15. The number of rotatable bonds is 5. The van der Waals surface area contributed by atoms with Crippen molar-refractivity contribution in [2.45, 2.75) is 45.1 Å². The van der Waals surface area contributed by atoms with Gasteiger partial charge < -0.3 is 9.94 Å². The highest BCUT2D eigenvalue weighted by Gasteiger charge is 2.38. The van der Waals surface area contributed by atoms with Gasteiger partial charge in [-0.05, 0) is 19.3 Å². The number of allylic oxidation sites excluding steroid dienone is 1. The van der Waals surface area contributed by atoms with Gasteiger partial charge in [0.05, 0.1) is 6.42 Å². The van der Waals surface area contributed by atoms with E-state index in [0.717, 1.165) is 30.4 Å². The van der Waals surface area contributed by atoms with Gasteiger partial charge in [-0.15, -0.1) is 6.58 Å². The monoisotopic (exact) mass is 197 g/mol. The molecule has 0 spiro atoms. The van der Waals surface area contributed by atoms with Crippen molar-refractivity contribution < 1.29 is 9.48 Å². The van der Waals surface area contributed by atoms with Crippen LogP contribution in [0.25, 0.3) is 0 Å². The molecule has 1 aliphatic rings. The van der Waals surface area contributed by atoms with Crippen molar-refractivity contribution in [3.8, 4) is 0 Å². The van der Waals surface area contributed by atoms with Gasteiger partial charge in [-0.1, -0.05) is 6.08 Å². The maximum Gasteiger partial charge on any atom is 0.348 e. The first kappa shape index (κ1) is 11.1. The molecule has 1 aliphatic heterocycles. The minimum atomic E-state index is -0.381. The third kappa shape index (κ3) is 2.50. The van der Waals surface area contributed by atoms with Gasteiger partial charge in [-0.25, -0.2) is 0 Å². The van der Waals surface area contributed by atoms with E-state index in [1.54, 1.807) is 0 Å². The van der Waals surface area contributed by atoms with Crippen LogP contribution in [0.3, 0.4) is 0 Å². The highest BCUT2D eigenvalue weighted by Crippen LogP contribution is 2.18. The van der Waals surface area contributed by atoms with Crippen molar-refractivity contribution in [2.75, 3.05) is 6.61 Å². The van der Waals surface area contributed by atoms with Crippen molar-refractivity contribution in [3.05, 3.63) is 17.9 Å². The Balaban J connectivity index is 2.38. The second-order valence-corrected chi connectivity index (χ2v) is 4.32. The molecule has 0 aliphatic carbocycles. The SMILES string of the molecule is C=CCCCCC1=[N+]([O-])C(C)(C)CO1. The molecule has 1 heterocycles. The number of ether oxygens (including phenoxy) is 1. The van der Waals surface area contributed by atoms with Gasteiger partial charge in [0, 0.05) is 13.8 Å². The smallest absolute Gasteiger partial charge is 0.348 e. The molecule has 0 radical (unpaired) electrons. The Morgan fingerprint density at radius 2 is 2.29 bits per heavy atom. The van der Waals surface area contributed by atoms with Crippen LogP contribution < -0.4 is 0 Å². The highest BCUT2D eigenvalue weighted by atomic mass is 16.6. The largest absolute Gasteiger partial charge is 0.621 e. The summed E-state index contributed by atoms with van der Waals surface area (Å²) in [5.74, 6) is 0.596. The zero-order valence-corrected chi connectivity index (χ0v) is 9.08. The lowest BCUT2D eigenvalue weighted by atomic mass is 10.1. The summed E-state index contributed by atoms with van der Waals surface area (Å²) in [6, 6.07) is 0. The van der Waals surface area contributed by atoms with Crippen LogP contribution in [0.15, 0.2) is 12.7 Å². The molecule has 1 rings (SSSR count). The van der Waals surface area contributed by atoms with Gasteiger partial charge in [-0.3, -0.25) is 0 Å². The molecule has 0 saturated heterocycles. The van der Waals surface area contributed by atoms with E-state index < -0.39 is 0 Å². The van der Waals surface area contributed by atoms with E-state index in [1.165, 1.54) is 0 Å². The second kappa shape index (κ2) is 4.49. The summed E-state index contributed by atoms with van der Waals surface area (Å²) in [6.07, 6.45) is 5.73. The summed E-state index contributed by atoms with van der Waals surface area (Å²) in [6.45, 7) is 7.96. The molecule has 0 atom stereocenters. The number of hydrogen-bond donors (Lipinski definition) is 0. The first-order chi connectivity index (χ1) is 6.58. The molecular formula is C11H19NO2. The van der Waals surface area contributed by atoms with Crippen LogP contribution in [-0.2, 0) is 4.74 Å². The number of unbranched alkanes of at least 4 members (excludes halogenated alkanes) is 2.